The Balaban J connectivity index is 0. The van der Waals surface area contributed by atoms with Gasteiger partial charge in [-0.05, 0) is 32.7 Å². The predicted molar refractivity (Wildman–Crippen MR) is 217 cm³/mol. The minimum absolute atomic E-state index is 0.134. The zero-order valence-corrected chi connectivity index (χ0v) is 34.6. The third kappa shape index (κ3) is 40.8. The number of unbranched alkanes of at least 4 members (excludes halogenated alkanes) is 22. The maximum absolute atomic E-state index is 12.5. The Morgan fingerprint density at radius 2 is 0.820 bits per heavy atom. The molecule has 0 aromatic heterocycles. The monoisotopic (exact) mass is 710 g/mol. The first kappa shape index (κ1) is 50.5. The van der Waals surface area contributed by atoms with E-state index in [-0.39, 0.29) is 11.9 Å². The lowest BCUT2D eigenvalue weighted by molar-refractivity contribution is -0.144. The normalized spacial score (nSPS) is 11.2. The molecule has 298 valence electrons. The van der Waals surface area contributed by atoms with Gasteiger partial charge in [0, 0.05) is 33.2 Å². The van der Waals surface area contributed by atoms with Crippen LogP contribution in [-0.4, -0.2) is 81.1 Å². The number of rotatable bonds is 38. The molecule has 0 spiro atoms. The molecule has 0 heterocycles. The highest BCUT2D eigenvalue weighted by Crippen LogP contribution is 2.13. The molecule has 0 saturated carbocycles. The number of ether oxygens (including phenoxy) is 2. The quantitative estimate of drug-likeness (QED) is 0.0275. The van der Waals surface area contributed by atoms with E-state index in [1.165, 1.54) is 128 Å². The highest BCUT2D eigenvalue weighted by atomic mass is 16.5. The Morgan fingerprint density at radius 1 is 0.480 bits per heavy atom. The Bertz CT molecular complexity index is 672. The van der Waals surface area contributed by atoms with Gasteiger partial charge in [-0.25, -0.2) is 0 Å². The summed E-state index contributed by atoms with van der Waals surface area (Å²) in [6.45, 7) is 15.3. The molecule has 0 bridgehead atoms. The molecule has 0 atom stereocenters. The molecular formula is C43H87N3O4. The predicted octanol–water partition coefficient (Wildman–Crippen LogP) is 12.0. The van der Waals surface area contributed by atoms with Crippen LogP contribution in [0.15, 0.2) is 4.99 Å². The van der Waals surface area contributed by atoms with E-state index in [1.807, 2.05) is 34.2 Å². The fourth-order valence-electron chi connectivity index (χ4n) is 6.06. The van der Waals surface area contributed by atoms with E-state index in [0.29, 0.717) is 39.1 Å². The summed E-state index contributed by atoms with van der Waals surface area (Å²) in [4.78, 5) is 33.5. The van der Waals surface area contributed by atoms with Crippen molar-refractivity contribution in [2.45, 2.75) is 208 Å². The van der Waals surface area contributed by atoms with Gasteiger partial charge in [0.15, 0.2) is 0 Å². The first-order valence-corrected chi connectivity index (χ1v) is 21.8. The molecule has 0 aliphatic rings. The maximum Gasteiger partial charge on any atom is 0.307 e. The molecule has 0 aliphatic carbocycles. The summed E-state index contributed by atoms with van der Waals surface area (Å²) in [5, 5.41) is 0. The highest BCUT2D eigenvalue weighted by molar-refractivity contribution is 5.70. The number of esters is 2. The van der Waals surface area contributed by atoms with Gasteiger partial charge in [-0.15, -0.1) is 0 Å². The number of carbonyl (C=O) groups excluding carboxylic acids is 2. The average molecular weight is 710 g/mol. The highest BCUT2D eigenvalue weighted by Gasteiger charge is 2.13. The summed E-state index contributed by atoms with van der Waals surface area (Å²) in [6, 6.07) is 0. The second-order valence-electron chi connectivity index (χ2n) is 14.0. The van der Waals surface area contributed by atoms with Gasteiger partial charge >= 0.3 is 11.9 Å². The van der Waals surface area contributed by atoms with Crippen LogP contribution in [0.1, 0.15) is 208 Å². The number of hydrogen-bond acceptors (Lipinski definition) is 6. The molecule has 0 aromatic rings. The van der Waals surface area contributed by atoms with Crippen LogP contribution < -0.4 is 0 Å². The van der Waals surface area contributed by atoms with Gasteiger partial charge < -0.3 is 19.3 Å². The largest absolute Gasteiger partial charge is 0.466 e. The van der Waals surface area contributed by atoms with Crippen LogP contribution in [0.4, 0.5) is 0 Å². The van der Waals surface area contributed by atoms with Gasteiger partial charge in [-0.3, -0.25) is 14.6 Å². The molecule has 50 heavy (non-hydrogen) atoms. The second-order valence-corrected chi connectivity index (χ2v) is 14.0. The van der Waals surface area contributed by atoms with Crippen LogP contribution in [0.3, 0.4) is 0 Å². The minimum atomic E-state index is -0.134. The van der Waals surface area contributed by atoms with E-state index in [1.54, 1.807) is 0 Å². The second kappa shape index (κ2) is 43.5. The molecule has 0 unspecified atom stereocenters. The van der Waals surface area contributed by atoms with Gasteiger partial charge in [-0.2, -0.15) is 0 Å². The first-order valence-electron chi connectivity index (χ1n) is 21.8. The Labute approximate surface area is 312 Å². The van der Waals surface area contributed by atoms with Crippen molar-refractivity contribution in [3.8, 4) is 0 Å². The molecule has 0 N–H and O–H groups in total. The molecule has 0 radical (unpaired) electrons. The van der Waals surface area contributed by atoms with Crippen molar-refractivity contribution in [3.05, 3.63) is 0 Å². The van der Waals surface area contributed by atoms with Crippen molar-refractivity contribution in [3.63, 3.8) is 0 Å². The molecule has 0 fully saturated rings. The van der Waals surface area contributed by atoms with Gasteiger partial charge in [-0.1, -0.05) is 169 Å². The number of aliphatic imine (C=N–C) groups is 1. The smallest absolute Gasteiger partial charge is 0.307 e. The lowest BCUT2D eigenvalue weighted by Crippen LogP contribution is -2.32. The van der Waals surface area contributed by atoms with Crippen LogP contribution in [0.25, 0.3) is 0 Å². The van der Waals surface area contributed by atoms with Gasteiger partial charge in [0.2, 0.25) is 0 Å². The van der Waals surface area contributed by atoms with E-state index < -0.39 is 0 Å². The topological polar surface area (TPSA) is 71.4 Å². The summed E-state index contributed by atoms with van der Waals surface area (Å²) in [5.74, 6) is -0.269. The van der Waals surface area contributed by atoms with Crippen LogP contribution in [-0.2, 0) is 19.1 Å². The van der Waals surface area contributed by atoms with Crippen LogP contribution >= 0.6 is 0 Å². The molecule has 0 aromatic carbocycles. The van der Waals surface area contributed by atoms with Crippen LogP contribution in [0, 0.1) is 0 Å². The van der Waals surface area contributed by atoms with E-state index in [4.69, 9.17) is 9.47 Å². The summed E-state index contributed by atoms with van der Waals surface area (Å²) >= 11 is 0. The van der Waals surface area contributed by atoms with Gasteiger partial charge in [0.1, 0.15) is 0 Å². The van der Waals surface area contributed by atoms with E-state index in [0.717, 1.165) is 51.7 Å². The molecular weight excluding hydrogens is 622 g/mol. The maximum atomic E-state index is 12.5. The fourth-order valence-corrected chi connectivity index (χ4v) is 6.06. The standard InChI is InChI=1S/C41H81N3O4.C2H6/c1-5-8-10-12-14-16-18-20-22-24-26-28-37-47-40(45)31-35-44(34-30-33-43(4)39-42-7-3)36-32-41(46)48-38-29-27-25-23-21-19-17-15-13-11-9-6-2;1-2/h39H,5-38H2,1-4H3;1-2H3. The van der Waals surface area contributed by atoms with Crippen molar-refractivity contribution >= 4 is 18.3 Å². The zero-order chi connectivity index (χ0) is 37.2. The fraction of sp³-hybridized carbons (Fsp3) is 0.930. The minimum Gasteiger partial charge on any atom is -0.466 e. The molecule has 7 heteroatoms. The Hall–Kier alpha value is -1.63. The third-order valence-corrected chi connectivity index (χ3v) is 9.23. The zero-order valence-electron chi connectivity index (χ0n) is 34.6. The van der Waals surface area contributed by atoms with E-state index in [9.17, 15) is 9.59 Å². The van der Waals surface area contributed by atoms with Crippen molar-refractivity contribution in [2.24, 2.45) is 4.99 Å². The molecule has 0 rings (SSSR count). The van der Waals surface area contributed by atoms with Crippen molar-refractivity contribution in [1.29, 1.82) is 0 Å². The number of carbonyl (C=O) groups is 2. The lowest BCUT2D eigenvalue weighted by atomic mass is 10.1. The SMILES string of the molecule is CC.CCCCCCCCCCCCCCOC(=O)CCN(CCCN(C)C=NCC)CCC(=O)OCCCCCCCCCCCCCC. The summed E-state index contributed by atoms with van der Waals surface area (Å²) < 4.78 is 11.1. The summed E-state index contributed by atoms with van der Waals surface area (Å²) in [6.07, 6.45) is 34.6. The summed E-state index contributed by atoms with van der Waals surface area (Å²) in [5.41, 5.74) is 0. The van der Waals surface area contributed by atoms with Gasteiger partial charge in [0.05, 0.1) is 32.4 Å². The number of hydrogen-bond donors (Lipinski definition) is 0. The molecule has 0 amide bonds. The van der Waals surface area contributed by atoms with Crippen molar-refractivity contribution < 1.29 is 19.1 Å². The Kier molecular flexibility index (Phi) is 44.0. The van der Waals surface area contributed by atoms with Crippen LogP contribution in [0.2, 0.25) is 0 Å². The summed E-state index contributed by atoms with van der Waals surface area (Å²) in [7, 11) is 2.03. The van der Waals surface area contributed by atoms with E-state index >= 15 is 0 Å². The first-order chi connectivity index (χ1) is 24.5. The van der Waals surface area contributed by atoms with Crippen molar-refractivity contribution in [1.82, 2.24) is 9.80 Å². The lowest BCUT2D eigenvalue weighted by Gasteiger charge is -2.23. The molecule has 0 saturated heterocycles. The van der Waals surface area contributed by atoms with Gasteiger partial charge in [0.25, 0.3) is 0 Å². The Morgan fingerprint density at radius 3 is 1.16 bits per heavy atom. The van der Waals surface area contributed by atoms with E-state index in [2.05, 4.69) is 28.6 Å². The molecule has 7 nitrogen and oxygen atoms in total. The van der Waals surface area contributed by atoms with Crippen LogP contribution in [0.5, 0.6) is 0 Å². The molecule has 0 aliphatic heterocycles. The average Bonchev–Trinajstić information content (AvgIpc) is 3.13. The number of nitrogens with zero attached hydrogens (tertiary/aromatic N) is 3. The van der Waals surface area contributed by atoms with Crippen molar-refractivity contribution in [2.75, 3.05) is 53.0 Å². The third-order valence-electron chi connectivity index (χ3n) is 9.23.